The first-order valence-corrected chi connectivity index (χ1v) is 6.68. The van der Waals surface area contributed by atoms with Crippen LogP contribution in [0.25, 0.3) is 0 Å². The lowest BCUT2D eigenvalue weighted by Gasteiger charge is -2.31. The minimum atomic E-state index is -0.402. The zero-order chi connectivity index (χ0) is 12.9. The molecule has 0 radical (unpaired) electrons. The molecule has 2 atom stereocenters. The summed E-state index contributed by atoms with van der Waals surface area (Å²) in [5, 5.41) is 3.07. The van der Waals surface area contributed by atoms with Gasteiger partial charge in [-0.25, -0.2) is 0 Å². The van der Waals surface area contributed by atoms with Gasteiger partial charge in [-0.3, -0.25) is 4.79 Å². The Hall–Kier alpha value is -0.610. The van der Waals surface area contributed by atoms with Crippen LogP contribution in [0.1, 0.15) is 33.1 Å². The monoisotopic (exact) mass is 241 g/mol. The average Bonchev–Trinajstić information content (AvgIpc) is 2.35. The van der Waals surface area contributed by atoms with Gasteiger partial charge in [0.1, 0.15) is 0 Å². The highest BCUT2D eigenvalue weighted by atomic mass is 16.2. The number of hydrogen-bond acceptors (Lipinski definition) is 3. The number of amides is 1. The Morgan fingerprint density at radius 2 is 2.29 bits per heavy atom. The van der Waals surface area contributed by atoms with Crippen LogP contribution in [-0.4, -0.2) is 44.0 Å². The van der Waals surface area contributed by atoms with Crippen molar-refractivity contribution in [2.75, 3.05) is 33.2 Å². The third kappa shape index (κ3) is 3.96. The molecule has 0 aliphatic carbocycles. The first kappa shape index (κ1) is 14.5. The number of nitrogens with two attached hydrogens (primary N) is 1. The third-order valence-electron chi connectivity index (χ3n) is 4.05. The molecule has 100 valence electrons. The Morgan fingerprint density at radius 1 is 1.59 bits per heavy atom. The Balaban J connectivity index is 2.37. The molecule has 4 nitrogen and oxygen atoms in total. The van der Waals surface area contributed by atoms with E-state index in [-0.39, 0.29) is 5.91 Å². The molecule has 1 fully saturated rings. The van der Waals surface area contributed by atoms with E-state index in [1.165, 1.54) is 19.4 Å². The summed E-state index contributed by atoms with van der Waals surface area (Å²) in [6.45, 7) is 7.43. The molecule has 2 unspecified atom stereocenters. The smallest absolute Gasteiger partial charge is 0.227 e. The van der Waals surface area contributed by atoms with Crippen molar-refractivity contribution >= 4 is 5.91 Å². The van der Waals surface area contributed by atoms with Gasteiger partial charge in [0.15, 0.2) is 0 Å². The van der Waals surface area contributed by atoms with Gasteiger partial charge >= 0.3 is 0 Å². The van der Waals surface area contributed by atoms with E-state index in [0.717, 1.165) is 19.5 Å². The summed E-state index contributed by atoms with van der Waals surface area (Å²) in [4.78, 5) is 14.4. The predicted octanol–water partition coefficient (Wildman–Crippen LogP) is 0.819. The number of nitrogens with one attached hydrogen (secondary N) is 1. The Bertz CT molecular complexity index is 251. The molecule has 0 aromatic carbocycles. The van der Waals surface area contributed by atoms with Crippen LogP contribution in [0, 0.1) is 11.3 Å². The van der Waals surface area contributed by atoms with E-state index in [4.69, 9.17) is 5.73 Å². The quantitative estimate of drug-likeness (QED) is 0.749. The topological polar surface area (TPSA) is 58.4 Å². The first-order valence-electron chi connectivity index (χ1n) is 6.68. The Labute approximate surface area is 105 Å². The van der Waals surface area contributed by atoms with Crippen LogP contribution in [0.5, 0.6) is 0 Å². The minimum absolute atomic E-state index is 0.107. The molecule has 0 aromatic rings. The van der Waals surface area contributed by atoms with Gasteiger partial charge in [0.2, 0.25) is 5.91 Å². The molecule has 1 heterocycles. The van der Waals surface area contributed by atoms with Gasteiger partial charge in [-0.15, -0.1) is 0 Å². The number of likely N-dealkylation sites (tertiary alicyclic amines) is 1. The van der Waals surface area contributed by atoms with Gasteiger partial charge in [0.05, 0.1) is 5.41 Å². The maximum Gasteiger partial charge on any atom is 0.227 e. The van der Waals surface area contributed by atoms with Crippen molar-refractivity contribution in [3.63, 3.8) is 0 Å². The van der Waals surface area contributed by atoms with E-state index in [9.17, 15) is 4.79 Å². The second-order valence-corrected chi connectivity index (χ2v) is 5.60. The lowest BCUT2D eigenvalue weighted by Crippen LogP contribution is -2.46. The first-order chi connectivity index (χ1) is 8.01. The third-order valence-corrected chi connectivity index (χ3v) is 4.05. The normalized spacial score (nSPS) is 25.3. The summed E-state index contributed by atoms with van der Waals surface area (Å²) in [6.07, 6.45) is 3.24. The summed E-state index contributed by atoms with van der Waals surface area (Å²) in [6, 6.07) is 0. The molecule has 1 saturated heterocycles. The number of carbonyl (C=O) groups excluding carboxylic acids is 1. The number of rotatable bonds is 5. The molecule has 1 aliphatic rings. The fourth-order valence-corrected chi connectivity index (χ4v) is 2.29. The van der Waals surface area contributed by atoms with Crippen molar-refractivity contribution in [2.45, 2.75) is 33.1 Å². The van der Waals surface area contributed by atoms with Gasteiger partial charge in [-0.1, -0.05) is 6.92 Å². The number of hydrogen-bond donors (Lipinski definition) is 2. The molecule has 17 heavy (non-hydrogen) atoms. The number of carbonyl (C=O) groups is 1. The summed E-state index contributed by atoms with van der Waals surface area (Å²) in [5.74, 6) is 0.701. The largest absolute Gasteiger partial charge is 0.355 e. The highest BCUT2D eigenvalue weighted by molar-refractivity contribution is 5.82. The maximum atomic E-state index is 12.0. The highest BCUT2D eigenvalue weighted by Gasteiger charge is 2.30. The standard InChI is InChI=1S/C13H27N3O/c1-4-13(2,10-14)12(17)15-8-11-6-5-7-16(3)9-11/h11H,4-10,14H2,1-3H3,(H,15,17). The Morgan fingerprint density at radius 3 is 2.82 bits per heavy atom. The van der Waals surface area contributed by atoms with Crippen LogP contribution in [0.4, 0.5) is 0 Å². The zero-order valence-electron chi connectivity index (χ0n) is 11.5. The van der Waals surface area contributed by atoms with Crippen LogP contribution in [0.3, 0.4) is 0 Å². The van der Waals surface area contributed by atoms with Crippen LogP contribution in [0.15, 0.2) is 0 Å². The zero-order valence-corrected chi connectivity index (χ0v) is 11.5. The number of piperidine rings is 1. The summed E-state index contributed by atoms with van der Waals surface area (Å²) in [5.41, 5.74) is 5.28. The van der Waals surface area contributed by atoms with E-state index >= 15 is 0 Å². The molecule has 0 spiro atoms. The van der Waals surface area contributed by atoms with Crippen molar-refractivity contribution in [3.8, 4) is 0 Å². The SMILES string of the molecule is CCC(C)(CN)C(=O)NCC1CCCN(C)C1. The second kappa shape index (κ2) is 6.36. The van der Waals surface area contributed by atoms with Gasteiger partial charge in [-0.05, 0) is 45.7 Å². The molecule has 1 aliphatic heterocycles. The van der Waals surface area contributed by atoms with Crippen molar-refractivity contribution in [1.82, 2.24) is 10.2 Å². The van der Waals surface area contributed by atoms with Crippen molar-refractivity contribution in [1.29, 1.82) is 0 Å². The molecular formula is C13H27N3O. The van der Waals surface area contributed by atoms with Crippen LogP contribution in [0.2, 0.25) is 0 Å². The van der Waals surface area contributed by atoms with Crippen molar-refractivity contribution in [3.05, 3.63) is 0 Å². The van der Waals surface area contributed by atoms with Crippen LogP contribution < -0.4 is 11.1 Å². The van der Waals surface area contributed by atoms with Crippen LogP contribution in [-0.2, 0) is 4.79 Å². The maximum absolute atomic E-state index is 12.0. The highest BCUT2D eigenvalue weighted by Crippen LogP contribution is 2.20. The van der Waals surface area contributed by atoms with E-state index in [0.29, 0.717) is 12.5 Å². The van der Waals surface area contributed by atoms with Gasteiger partial charge in [0.25, 0.3) is 0 Å². The number of nitrogens with zero attached hydrogens (tertiary/aromatic N) is 1. The average molecular weight is 241 g/mol. The minimum Gasteiger partial charge on any atom is -0.355 e. The lowest BCUT2D eigenvalue weighted by atomic mass is 9.86. The molecular weight excluding hydrogens is 214 g/mol. The Kier molecular flexibility index (Phi) is 5.40. The van der Waals surface area contributed by atoms with Crippen molar-refractivity contribution in [2.24, 2.45) is 17.1 Å². The molecule has 0 aromatic heterocycles. The fraction of sp³-hybridized carbons (Fsp3) is 0.923. The fourth-order valence-electron chi connectivity index (χ4n) is 2.29. The molecule has 4 heteroatoms. The van der Waals surface area contributed by atoms with Crippen molar-refractivity contribution < 1.29 is 4.79 Å². The molecule has 0 bridgehead atoms. The predicted molar refractivity (Wildman–Crippen MR) is 70.7 cm³/mol. The summed E-state index contributed by atoms with van der Waals surface area (Å²) in [7, 11) is 2.14. The lowest BCUT2D eigenvalue weighted by molar-refractivity contribution is -0.130. The van der Waals surface area contributed by atoms with E-state index in [1.807, 2.05) is 13.8 Å². The van der Waals surface area contributed by atoms with Gasteiger partial charge in [-0.2, -0.15) is 0 Å². The molecule has 3 N–H and O–H groups in total. The second-order valence-electron chi connectivity index (χ2n) is 5.60. The van der Waals surface area contributed by atoms with E-state index in [1.54, 1.807) is 0 Å². The van der Waals surface area contributed by atoms with Gasteiger partial charge < -0.3 is 16.0 Å². The van der Waals surface area contributed by atoms with E-state index < -0.39 is 5.41 Å². The van der Waals surface area contributed by atoms with Gasteiger partial charge in [0, 0.05) is 19.6 Å². The van der Waals surface area contributed by atoms with Crippen LogP contribution >= 0.6 is 0 Å². The summed E-state index contributed by atoms with van der Waals surface area (Å²) < 4.78 is 0. The van der Waals surface area contributed by atoms with E-state index in [2.05, 4.69) is 17.3 Å². The molecule has 1 amide bonds. The molecule has 0 saturated carbocycles. The summed E-state index contributed by atoms with van der Waals surface area (Å²) >= 11 is 0. The molecule has 1 rings (SSSR count).